The summed E-state index contributed by atoms with van der Waals surface area (Å²) in [5.41, 5.74) is 0. The van der Waals surface area contributed by atoms with Crippen LogP contribution in [0.2, 0.25) is 19.6 Å². The molecule has 0 aromatic heterocycles. The van der Waals surface area contributed by atoms with Crippen molar-refractivity contribution in [1.29, 1.82) is 0 Å². The summed E-state index contributed by atoms with van der Waals surface area (Å²) in [7, 11) is -1.49. The Morgan fingerprint density at radius 2 is 1.91 bits per heavy atom. The number of rotatable bonds is 4. The van der Waals surface area contributed by atoms with Gasteiger partial charge in [-0.2, -0.15) is 0 Å². The molecule has 66 valence electrons. The van der Waals surface area contributed by atoms with Crippen molar-refractivity contribution in [2.75, 3.05) is 0 Å². The van der Waals surface area contributed by atoms with Crippen molar-refractivity contribution >= 4 is 8.07 Å². The van der Waals surface area contributed by atoms with Crippen LogP contribution in [0.4, 0.5) is 0 Å². The first-order valence-electron chi connectivity index (χ1n) is 4.23. The standard InChI is InChI=1S/C9H20OSi/c1-6-8-9(10,7-2)11(3,4)5/h7,10H,2,6,8H2,1,3-5H3. The fraction of sp³-hybridized carbons (Fsp3) is 0.778. The molecule has 1 unspecified atom stereocenters. The Morgan fingerprint density at radius 1 is 1.45 bits per heavy atom. The molecule has 1 nitrogen and oxygen atoms in total. The van der Waals surface area contributed by atoms with Crippen LogP contribution in [0.25, 0.3) is 0 Å². The molecule has 11 heavy (non-hydrogen) atoms. The summed E-state index contributed by atoms with van der Waals surface area (Å²) in [4.78, 5) is 0. The average molecular weight is 172 g/mol. The highest BCUT2D eigenvalue weighted by Gasteiger charge is 2.37. The summed E-state index contributed by atoms with van der Waals surface area (Å²) in [5, 5.41) is 9.53. The molecule has 0 fully saturated rings. The van der Waals surface area contributed by atoms with Gasteiger partial charge in [0.1, 0.15) is 0 Å². The second-order valence-corrected chi connectivity index (χ2v) is 9.49. The van der Waals surface area contributed by atoms with E-state index in [1.165, 1.54) is 0 Å². The highest BCUT2D eigenvalue weighted by atomic mass is 28.3. The second kappa shape index (κ2) is 3.54. The molecule has 0 heterocycles. The minimum atomic E-state index is -1.49. The fourth-order valence-corrected chi connectivity index (χ4v) is 2.78. The van der Waals surface area contributed by atoms with Gasteiger partial charge in [0, 0.05) is 0 Å². The lowest BCUT2D eigenvalue weighted by Crippen LogP contribution is -2.50. The number of hydrogen-bond acceptors (Lipinski definition) is 1. The first-order chi connectivity index (χ1) is 4.87. The van der Waals surface area contributed by atoms with E-state index >= 15 is 0 Å². The van der Waals surface area contributed by atoms with Crippen LogP contribution in [-0.4, -0.2) is 18.4 Å². The molecule has 2 heteroatoms. The summed E-state index contributed by atoms with van der Waals surface area (Å²) >= 11 is 0. The van der Waals surface area contributed by atoms with E-state index < -0.39 is 13.3 Å². The van der Waals surface area contributed by atoms with Crippen LogP contribution in [0.1, 0.15) is 19.8 Å². The molecule has 0 bridgehead atoms. The molecule has 0 radical (unpaired) electrons. The first kappa shape index (κ1) is 10.9. The zero-order valence-corrected chi connectivity index (χ0v) is 9.15. The third-order valence-electron chi connectivity index (χ3n) is 2.27. The van der Waals surface area contributed by atoms with E-state index in [9.17, 15) is 5.11 Å². The molecule has 1 N–H and O–H groups in total. The summed E-state index contributed by atoms with van der Waals surface area (Å²) in [6, 6.07) is 0. The lowest BCUT2D eigenvalue weighted by molar-refractivity contribution is 0.155. The summed E-state index contributed by atoms with van der Waals surface area (Å²) in [5.74, 6) is 0. The Hall–Kier alpha value is -0.0831. The van der Waals surface area contributed by atoms with E-state index in [1.807, 2.05) is 0 Å². The molecule has 0 spiro atoms. The van der Waals surface area contributed by atoms with Crippen molar-refractivity contribution in [3.63, 3.8) is 0 Å². The van der Waals surface area contributed by atoms with Crippen LogP contribution in [0, 0.1) is 0 Å². The van der Waals surface area contributed by atoms with Gasteiger partial charge in [0.05, 0.1) is 13.3 Å². The van der Waals surface area contributed by atoms with Gasteiger partial charge in [0.15, 0.2) is 0 Å². The lowest BCUT2D eigenvalue weighted by Gasteiger charge is -2.36. The molecule has 0 aromatic rings. The van der Waals surface area contributed by atoms with Crippen molar-refractivity contribution < 1.29 is 5.11 Å². The van der Waals surface area contributed by atoms with Gasteiger partial charge in [-0.3, -0.25) is 0 Å². The van der Waals surface area contributed by atoms with Crippen molar-refractivity contribution in [3.05, 3.63) is 12.7 Å². The minimum absolute atomic E-state index is 0.568. The fourth-order valence-electron chi connectivity index (χ4n) is 1.16. The number of hydrogen-bond donors (Lipinski definition) is 1. The maximum atomic E-state index is 10.1. The van der Waals surface area contributed by atoms with E-state index in [0.717, 1.165) is 12.8 Å². The Morgan fingerprint density at radius 3 is 2.00 bits per heavy atom. The van der Waals surface area contributed by atoms with E-state index in [2.05, 4.69) is 33.1 Å². The van der Waals surface area contributed by atoms with Crippen LogP contribution in [0.15, 0.2) is 12.7 Å². The second-order valence-electron chi connectivity index (χ2n) is 4.13. The first-order valence-corrected chi connectivity index (χ1v) is 7.73. The van der Waals surface area contributed by atoms with Crippen LogP contribution in [0.3, 0.4) is 0 Å². The smallest absolute Gasteiger partial charge is 0.0869 e. The van der Waals surface area contributed by atoms with Crippen LogP contribution in [0.5, 0.6) is 0 Å². The molecule has 0 aliphatic carbocycles. The summed E-state index contributed by atoms with van der Waals surface area (Å²) < 4.78 is 0. The maximum Gasteiger partial charge on any atom is 0.0869 e. The van der Waals surface area contributed by atoms with Gasteiger partial charge >= 0.3 is 0 Å². The Bertz CT molecular complexity index is 137. The summed E-state index contributed by atoms with van der Waals surface area (Å²) in [6.07, 6.45) is 3.60. The molecular weight excluding hydrogens is 152 g/mol. The molecule has 0 aromatic carbocycles. The Kier molecular flexibility index (Phi) is 3.52. The zero-order valence-electron chi connectivity index (χ0n) is 8.15. The van der Waals surface area contributed by atoms with Gasteiger partial charge in [0.25, 0.3) is 0 Å². The van der Waals surface area contributed by atoms with Gasteiger partial charge in [-0.05, 0) is 6.42 Å². The van der Waals surface area contributed by atoms with E-state index in [1.54, 1.807) is 6.08 Å². The topological polar surface area (TPSA) is 20.2 Å². The quantitative estimate of drug-likeness (QED) is 0.510. The molecule has 0 saturated heterocycles. The predicted molar refractivity (Wildman–Crippen MR) is 53.4 cm³/mol. The minimum Gasteiger partial charge on any atom is -0.389 e. The largest absolute Gasteiger partial charge is 0.389 e. The van der Waals surface area contributed by atoms with E-state index in [4.69, 9.17) is 0 Å². The maximum absolute atomic E-state index is 10.1. The summed E-state index contributed by atoms with van der Waals surface area (Å²) in [6.45, 7) is 12.3. The van der Waals surface area contributed by atoms with Crippen molar-refractivity contribution in [2.45, 2.75) is 44.6 Å². The SMILES string of the molecule is C=CC(O)(CCC)[Si](C)(C)C. The normalized spacial score (nSPS) is 17.5. The highest BCUT2D eigenvalue weighted by molar-refractivity contribution is 6.79. The molecule has 0 amide bonds. The molecule has 0 aliphatic rings. The third-order valence-corrected chi connectivity index (χ3v) is 5.32. The molecule has 0 saturated carbocycles. The van der Waals surface area contributed by atoms with Crippen molar-refractivity contribution in [3.8, 4) is 0 Å². The molecule has 1 atom stereocenters. The van der Waals surface area contributed by atoms with Crippen LogP contribution >= 0.6 is 0 Å². The molecular formula is C9H20OSi. The van der Waals surface area contributed by atoms with Crippen LogP contribution < -0.4 is 0 Å². The highest BCUT2D eigenvalue weighted by Crippen LogP contribution is 2.26. The van der Waals surface area contributed by atoms with Gasteiger partial charge in [0.2, 0.25) is 0 Å². The predicted octanol–water partition coefficient (Wildman–Crippen LogP) is 2.58. The van der Waals surface area contributed by atoms with Gasteiger partial charge in [-0.25, -0.2) is 0 Å². The van der Waals surface area contributed by atoms with E-state index in [-0.39, 0.29) is 0 Å². The lowest BCUT2D eigenvalue weighted by atomic mass is 10.2. The molecule has 0 aliphatic heterocycles. The van der Waals surface area contributed by atoms with Crippen molar-refractivity contribution in [2.24, 2.45) is 0 Å². The van der Waals surface area contributed by atoms with Gasteiger partial charge < -0.3 is 5.11 Å². The average Bonchev–Trinajstić information content (AvgIpc) is 1.86. The van der Waals surface area contributed by atoms with Gasteiger partial charge in [-0.1, -0.05) is 39.1 Å². The van der Waals surface area contributed by atoms with E-state index in [0.29, 0.717) is 0 Å². The number of aliphatic hydroxyl groups is 1. The van der Waals surface area contributed by atoms with Crippen molar-refractivity contribution in [1.82, 2.24) is 0 Å². The Labute approximate surface area is 71.1 Å². The van der Waals surface area contributed by atoms with Gasteiger partial charge in [-0.15, -0.1) is 6.58 Å². The Balaban J connectivity index is 4.46. The third kappa shape index (κ3) is 2.45. The zero-order chi connectivity index (χ0) is 9.12. The monoisotopic (exact) mass is 172 g/mol. The van der Waals surface area contributed by atoms with Crippen LogP contribution in [-0.2, 0) is 0 Å². The molecule has 0 rings (SSSR count).